The molecule has 2 rings (SSSR count). The minimum absolute atomic E-state index is 0.0767. The van der Waals surface area contributed by atoms with Gasteiger partial charge in [-0.05, 0) is 31.4 Å². The van der Waals surface area contributed by atoms with Gasteiger partial charge in [0.05, 0.1) is 17.0 Å². The maximum atomic E-state index is 12.1. The predicted octanol–water partition coefficient (Wildman–Crippen LogP) is 1.04. The molecule has 0 unspecified atom stereocenters. The van der Waals surface area contributed by atoms with Crippen molar-refractivity contribution in [3.8, 4) is 5.75 Å². The third kappa shape index (κ3) is 4.11. The van der Waals surface area contributed by atoms with Crippen molar-refractivity contribution in [3.05, 3.63) is 38.7 Å². The molecule has 0 bridgehead atoms. The Balaban J connectivity index is 2.24. The normalized spacial score (nSPS) is 12.1. The zero-order valence-corrected chi connectivity index (χ0v) is 14.5. The van der Waals surface area contributed by atoms with Crippen LogP contribution in [-0.2, 0) is 16.0 Å². The number of aliphatic carboxylic acids is 1. The Labute approximate surface area is 148 Å². The molecule has 8 heteroatoms. The number of carbonyl (C=O) groups excluding carboxylic acids is 2. The summed E-state index contributed by atoms with van der Waals surface area (Å²) in [7, 11) is 0. The molecule has 2 aromatic rings. The van der Waals surface area contributed by atoms with E-state index in [9.17, 15) is 24.6 Å². The Bertz CT molecular complexity index is 889. The number of hydrogen-bond acceptors (Lipinski definition) is 6. The van der Waals surface area contributed by atoms with Gasteiger partial charge in [-0.3, -0.25) is 4.79 Å². The lowest BCUT2D eigenvalue weighted by Gasteiger charge is -2.17. The van der Waals surface area contributed by atoms with Gasteiger partial charge in [0.2, 0.25) is 5.91 Å². The van der Waals surface area contributed by atoms with Gasteiger partial charge in [0, 0.05) is 23.4 Å². The Morgan fingerprint density at radius 3 is 2.68 bits per heavy atom. The van der Waals surface area contributed by atoms with Crippen molar-refractivity contribution in [2.75, 3.05) is 0 Å². The van der Waals surface area contributed by atoms with Crippen LogP contribution in [0, 0.1) is 6.92 Å². The lowest BCUT2D eigenvalue weighted by Crippen LogP contribution is -2.47. The van der Waals surface area contributed by atoms with E-state index >= 15 is 0 Å². The van der Waals surface area contributed by atoms with Crippen LogP contribution in [-0.4, -0.2) is 23.0 Å². The van der Waals surface area contributed by atoms with E-state index in [4.69, 9.17) is 16.0 Å². The van der Waals surface area contributed by atoms with Gasteiger partial charge in [0.25, 0.3) is 0 Å². The standard InChI is InChI=1S/C17H18ClNO6/c1-3-12(16(22)23)19-15(21)5-4-9-8(2)10-6-11(18)13(20)7-14(10)25-17(9)24/h6-7,12,20H,3-5H2,1-2H3,(H,19,21)(H,22,23)/p-1/t12-/m0/s1. The summed E-state index contributed by atoms with van der Waals surface area (Å²) in [4.78, 5) is 34.8. The second-order valence-electron chi connectivity index (χ2n) is 5.64. The number of phenols is 1. The molecular weight excluding hydrogens is 350 g/mol. The van der Waals surface area contributed by atoms with Crippen molar-refractivity contribution in [1.29, 1.82) is 0 Å². The number of carboxylic acid groups (broad SMARTS) is 1. The lowest BCUT2D eigenvalue weighted by atomic mass is 10.0. The van der Waals surface area contributed by atoms with E-state index in [1.807, 2.05) is 0 Å². The van der Waals surface area contributed by atoms with Gasteiger partial charge >= 0.3 is 5.63 Å². The Kier molecular flexibility index (Phi) is 5.69. The molecule has 7 nitrogen and oxygen atoms in total. The molecule has 1 aromatic heterocycles. The van der Waals surface area contributed by atoms with Gasteiger partial charge in [0.1, 0.15) is 11.3 Å². The fourth-order valence-electron chi connectivity index (χ4n) is 2.52. The highest BCUT2D eigenvalue weighted by molar-refractivity contribution is 6.32. The molecule has 0 saturated heterocycles. The Morgan fingerprint density at radius 2 is 2.08 bits per heavy atom. The molecule has 1 amide bonds. The first-order chi connectivity index (χ1) is 11.7. The maximum Gasteiger partial charge on any atom is 0.339 e. The van der Waals surface area contributed by atoms with Gasteiger partial charge < -0.3 is 24.7 Å². The number of nitrogens with one attached hydrogen (secondary N) is 1. The number of halogens is 1. The van der Waals surface area contributed by atoms with Crippen molar-refractivity contribution in [1.82, 2.24) is 5.32 Å². The van der Waals surface area contributed by atoms with Crippen LogP contribution in [0.3, 0.4) is 0 Å². The van der Waals surface area contributed by atoms with Crippen LogP contribution in [0.4, 0.5) is 0 Å². The minimum Gasteiger partial charge on any atom is -0.548 e. The number of aromatic hydroxyl groups is 1. The fraction of sp³-hybridized carbons (Fsp3) is 0.353. The molecule has 0 aliphatic heterocycles. The largest absolute Gasteiger partial charge is 0.548 e. The summed E-state index contributed by atoms with van der Waals surface area (Å²) in [5, 5.41) is 23.4. The quantitative estimate of drug-likeness (QED) is 0.737. The monoisotopic (exact) mass is 366 g/mol. The number of carboxylic acids is 1. The number of benzene rings is 1. The molecule has 1 heterocycles. The molecule has 1 atom stereocenters. The highest BCUT2D eigenvalue weighted by atomic mass is 35.5. The Hall–Kier alpha value is -2.54. The first-order valence-corrected chi connectivity index (χ1v) is 8.07. The molecule has 0 saturated carbocycles. The van der Waals surface area contributed by atoms with Crippen LogP contribution in [0.15, 0.2) is 21.3 Å². The van der Waals surface area contributed by atoms with E-state index in [2.05, 4.69) is 5.32 Å². The van der Waals surface area contributed by atoms with E-state index in [1.54, 1.807) is 13.8 Å². The van der Waals surface area contributed by atoms with Gasteiger partial charge in [-0.2, -0.15) is 0 Å². The number of rotatable bonds is 6. The second-order valence-corrected chi connectivity index (χ2v) is 6.05. The average molecular weight is 367 g/mol. The zero-order valence-electron chi connectivity index (χ0n) is 13.7. The first kappa shape index (κ1) is 18.8. The minimum atomic E-state index is -1.35. The summed E-state index contributed by atoms with van der Waals surface area (Å²) in [6.45, 7) is 3.30. The average Bonchev–Trinajstić information content (AvgIpc) is 2.54. The molecule has 0 radical (unpaired) electrons. The van der Waals surface area contributed by atoms with Crippen LogP contribution in [0.25, 0.3) is 11.0 Å². The summed E-state index contributed by atoms with van der Waals surface area (Å²) >= 11 is 5.89. The van der Waals surface area contributed by atoms with Crippen molar-refractivity contribution in [2.45, 2.75) is 39.2 Å². The van der Waals surface area contributed by atoms with Crippen molar-refractivity contribution in [2.24, 2.45) is 0 Å². The summed E-state index contributed by atoms with van der Waals surface area (Å²) < 4.78 is 5.17. The van der Waals surface area contributed by atoms with E-state index < -0.39 is 23.5 Å². The number of hydrogen-bond donors (Lipinski definition) is 2. The smallest absolute Gasteiger partial charge is 0.339 e. The summed E-state index contributed by atoms with van der Waals surface area (Å²) in [5.41, 5.74) is 0.464. The highest BCUT2D eigenvalue weighted by Crippen LogP contribution is 2.30. The predicted molar refractivity (Wildman–Crippen MR) is 89.4 cm³/mol. The van der Waals surface area contributed by atoms with Crippen molar-refractivity contribution < 1.29 is 24.2 Å². The van der Waals surface area contributed by atoms with Gasteiger partial charge in [-0.25, -0.2) is 4.79 Å². The number of aryl methyl sites for hydroxylation is 1. The van der Waals surface area contributed by atoms with Gasteiger partial charge in [0.15, 0.2) is 0 Å². The number of amides is 1. The van der Waals surface area contributed by atoms with Crippen LogP contribution in [0.5, 0.6) is 5.75 Å². The topological polar surface area (TPSA) is 120 Å². The SMILES string of the molecule is CC[C@H](NC(=O)CCc1c(C)c2cc(Cl)c(O)cc2oc1=O)C(=O)[O-]. The molecule has 0 spiro atoms. The molecule has 25 heavy (non-hydrogen) atoms. The summed E-state index contributed by atoms with van der Waals surface area (Å²) in [5.74, 6) is -2.05. The molecule has 0 aliphatic rings. The number of carbonyl (C=O) groups is 2. The van der Waals surface area contributed by atoms with Crippen LogP contribution in [0.1, 0.15) is 30.9 Å². The van der Waals surface area contributed by atoms with E-state index in [1.165, 1.54) is 12.1 Å². The highest BCUT2D eigenvalue weighted by Gasteiger charge is 2.16. The van der Waals surface area contributed by atoms with E-state index in [-0.39, 0.29) is 35.6 Å². The summed E-state index contributed by atoms with van der Waals surface area (Å²) in [6, 6.07) is 1.68. The van der Waals surface area contributed by atoms with Crippen LogP contribution in [0.2, 0.25) is 5.02 Å². The zero-order chi connectivity index (χ0) is 18.7. The second kappa shape index (κ2) is 7.57. The van der Waals surface area contributed by atoms with Crippen LogP contribution < -0.4 is 16.0 Å². The molecule has 2 N–H and O–H groups in total. The summed E-state index contributed by atoms with van der Waals surface area (Å²) in [6.07, 6.45) is 0.206. The fourth-order valence-corrected chi connectivity index (χ4v) is 2.68. The number of phenolic OH excluding ortho intramolecular Hbond substituents is 1. The third-order valence-electron chi connectivity index (χ3n) is 3.98. The van der Waals surface area contributed by atoms with E-state index in [0.29, 0.717) is 16.5 Å². The third-order valence-corrected chi connectivity index (χ3v) is 4.29. The molecule has 0 fully saturated rings. The van der Waals surface area contributed by atoms with Gasteiger partial charge in [-0.15, -0.1) is 0 Å². The Morgan fingerprint density at radius 1 is 1.40 bits per heavy atom. The van der Waals surface area contributed by atoms with Crippen LogP contribution >= 0.6 is 11.6 Å². The van der Waals surface area contributed by atoms with Crippen molar-refractivity contribution in [3.63, 3.8) is 0 Å². The van der Waals surface area contributed by atoms with Gasteiger partial charge in [-0.1, -0.05) is 18.5 Å². The first-order valence-electron chi connectivity index (χ1n) is 7.69. The maximum absolute atomic E-state index is 12.1. The molecule has 134 valence electrons. The van der Waals surface area contributed by atoms with E-state index in [0.717, 1.165) is 0 Å². The van der Waals surface area contributed by atoms with Crippen molar-refractivity contribution >= 4 is 34.4 Å². The molecule has 0 aliphatic carbocycles. The molecule has 1 aromatic carbocycles. The molecular formula is C17H17ClNO6-. The lowest BCUT2D eigenvalue weighted by molar-refractivity contribution is -0.308. The number of fused-ring (bicyclic) bond motifs is 1.